The molecule has 0 radical (unpaired) electrons. The highest BCUT2D eigenvalue weighted by Gasteiger charge is 2.36. The highest BCUT2D eigenvalue weighted by atomic mass is 16.5. The minimum absolute atomic E-state index is 0.0222. The first-order chi connectivity index (χ1) is 6.72. The Bertz CT molecular complexity index is 224. The molecule has 2 saturated heterocycles. The van der Waals surface area contributed by atoms with Crippen molar-refractivity contribution in [1.82, 2.24) is 10.2 Å². The first-order valence-electron chi connectivity index (χ1n) is 5.31. The number of likely N-dealkylation sites (N-methyl/N-ethyl adjacent to an activating group) is 1. The van der Waals surface area contributed by atoms with Crippen LogP contribution in [0.2, 0.25) is 0 Å². The number of carbonyl (C=O) groups excluding carboxylic acids is 1. The monoisotopic (exact) mass is 198 g/mol. The lowest BCUT2D eigenvalue weighted by Gasteiger charge is -2.36. The van der Waals surface area contributed by atoms with E-state index in [4.69, 9.17) is 4.74 Å². The molecule has 0 aromatic rings. The first-order valence-corrected chi connectivity index (χ1v) is 5.31. The minimum Gasteiger partial charge on any atom is -0.365 e. The van der Waals surface area contributed by atoms with E-state index in [1.807, 2.05) is 7.05 Å². The van der Waals surface area contributed by atoms with Gasteiger partial charge in [-0.15, -0.1) is 0 Å². The lowest BCUT2D eigenvalue weighted by atomic mass is 9.89. The molecule has 0 bridgehead atoms. The quantitative estimate of drug-likeness (QED) is 0.595. The van der Waals surface area contributed by atoms with Gasteiger partial charge >= 0.3 is 0 Å². The van der Waals surface area contributed by atoms with Crippen LogP contribution in [0.25, 0.3) is 0 Å². The number of hydrogen-bond donors (Lipinski definition) is 1. The van der Waals surface area contributed by atoms with Crippen molar-refractivity contribution in [3.05, 3.63) is 0 Å². The maximum absolute atomic E-state index is 11.4. The van der Waals surface area contributed by atoms with E-state index in [0.717, 1.165) is 38.9 Å². The summed E-state index contributed by atoms with van der Waals surface area (Å²) >= 11 is 0. The standard InChI is InChI=1S/C10H18N2O2/c1-12-7-4-10(14-8-9(12)13)2-5-11-6-3-10/h11H,2-8H2,1H3. The summed E-state index contributed by atoms with van der Waals surface area (Å²) in [6.07, 6.45) is 3.05. The number of hydrogen-bond acceptors (Lipinski definition) is 3. The second-order valence-corrected chi connectivity index (χ2v) is 4.29. The number of nitrogens with one attached hydrogen (secondary N) is 1. The van der Waals surface area contributed by atoms with Crippen LogP contribution in [-0.2, 0) is 9.53 Å². The summed E-state index contributed by atoms with van der Waals surface area (Å²) in [5.74, 6) is 0.111. The summed E-state index contributed by atoms with van der Waals surface area (Å²) in [6.45, 7) is 3.12. The lowest BCUT2D eigenvalue weighted by molar-refractivity contribution is -0.137. The maximum Gasteiger partial charge on any atom is 0.248 e. The third-order valence-electron chi connectivity index (χ3n) is 3.35. The van der Waals surface area contributed by atoms with Gasteiger partial charge in [-0.05, 0) is 32.4 Å². The Hall–Kier alpha value is -0.610. The molecule has 1 N–H and O–H groups in total. The van der Waals surface area contributed by atoms with E-state index >= 15 is 0 Å². The van der Waals surface area contributed by atoms with Gasteiger partial charge in [0.2, 0.25) is 5.91 Å². The Balaban J connectivity index is 2.02. The highest BCUT2D eigenvalue weighted by molar-refractivity contribution is 5.77. The van der Waals surface area contributed by atoms with E-state index in [-0.39, 0.29) is 18.1 Å². The smallest absolute Gasteiger partial charge is 0.248 e. The molecule has 2 aliphatic heterocycles. The molecule has 80 valence electrons. The van der Waals surface area contributed by atoms with Crippen molar-refractivity contribution in [2.24, 2.45) is 0 Å². The SMILES string of the molecule is CN1CCC2(CCNCC2)OCC1=O. The van der Waals surface area contributed by atoms with Gasteiger partial charge in [-0.1, -0.05) is 0 Å². The number of piperidine rings is 1. The normalized spacial score (nSPS) is 27.8. The van der Waals surface area contributed by atoms with Gasteiger partial charge in [0.1, 0.15) is 6.61 Å². The van der Waals surface area contributed by atoms with Gasteiger partial charge in [0.15, 0.2) is 0 Å². The zero-order valence-corrected chi connectivity index (χ0v) is 8.71. The van der Waals surface area contributed by atoms with Crippen molar-refractivity contribution < 1.29 is 9.53 Å². The zero-order valence-electron chi connectivity index (χ0n) is 8.71. The van der Waals surface area contributed by atoms with Gasteiger partial charge < -0.3 is 15.0 Å². The minimum atomic E-state index is -0.0222. The molecule has 0 aliphatic carbocycles. The van der Waals surface area contributed by atoms with Crippen molar-refractivity contribution in [2.75, 3.05) is 33.3 Å². The summed E-state index contributed by atoms with van der Waals surface area (Å²) in [5.41, 5.74) is -0.0222. The molecule has 0 atom stereocenters. The van der Waals surface area contributed by atoms with Gasteiger partial charge in [0.25, 0.3) is 0 Å². The zero-order chi connectivity index (χ0) is 10.0. The Morgan fingerprint density at radius 2 is 2.07 bits per heavy atom. The molecule has 2 rings (SSSR count). The predicted molar refractivity (Wildman–Crippen MR) is 53.0 cm³/mol. The number of amides is 1. The fraction of sp³-hybridized carbons (Fsp3) is 0.900. The van der Waals surface area contributed by atoms with E-state index in [1.165, 1.54) is 0 Å². The molecule has 2 aliphatic rings. The van der Waals surface area contributed by atoms with Crippen LogP contribution in [0, 0.1) is 0 Å². The van der Waals surface area contributed by atoms with Gasteiger partial charge in [0, 0.05) is 13.6 Å². The average molecular weight is 198 g/mol. The van der Waals surface area contributed by atoms with Crippen molar-refractivity contribution in [2.45, 2.75) is 24.9 Å². The molecule has 4 nitrogen and oxygen atoms in total. The molecule has 4 heteroatoms. The number of rotatable bonds is 0. The fourth-order valence-corrected chi connectivity index (χ4v) is 2.17. The Labute approximate surface area is 84.6 Å². The van der Waals surface area contributed by atoms with Crippen molar-refractivity contribution >= 4 is 5.91 Å². The van der Waals surface area contributed by atoms with E-state index < -0.39 is 0 Å². The van der Waals surface area contributed by atoms with Crippen molar-refractivity contribution in [3.63, 3.8) is 0 Å². The summed E-state index contributed by atoms with van der Waals surface area (Å²) in [5, 5.41) is 3.32. The second kappa shape index (κ2) is 3.87. The van der Waals surface area contributed by atoms with Crippen LogP contribution in [0.3, 0.4) is 0 Å². The van der Waals surface area contributed by atoms with Crippen LogP contribution in [0.15, 0.2) is 0 Å². The molecule has 2 fully saturated rings. The summed E-state index contributed by atoms with van der Waals surface area (Å²) in [6, 6.07) is 0. The fourth-order valence-electron chi connectivity index (χ4n) is 2.17. The number of carbonyl (C=O) groups is 1. The Morgan fingerprint density at radius 3 is 2.79 bits per heavy atom. The van der Waals surface area contributed by atoms with Gasteiger partial charge in [0.05, 0.1) is 5.60 Å². The van der Waals surface area contributed by atoms with Crippen LogP contribution in [0.4, 0.5) is 0 Å². The Kier molecular flexibility index (Phi) is 2.74. The molecular weight excluding hydrogens is 180 g/mol. The molecule has 0 aromatic heterocycles. The third kappa shape index (κ3) is 1.91. The Morgan fingerprint density at radius 1 is 1.36 bits per heavy atom. The van der Waals surface area contributed by atoms with E-state index in [1.54, 1.807) is 4.90 Å². The summed E-state index contributed by atoms with van der Waals surface area (Å²) in [4.78, 5) is 13.2. The lowest BCUT2D eigenvalue weighted by Crippen LogP contribution is -2.44. The first kappa shape index (κ1) is 9.93. The van der Waals surface area contributed by atoms with Gasteiger partial charge in [-0.2, -0.15) is 0 Å². The highest BCUT2D eigenvalue weighted by Crippen LogP contribution is 2.28. The van der Waals surface area contributed by atoms with Crippen LogP contribution in [-0.4, -0.2) is 49.7 Å². The van der Waals surface area contributed by atoms with Gasteiger partial charge in [-0.25, -0.2) is 0 Å². The number of ether oxygens (including phenoxy) is 1. The molecule has 0 saturated carbocycles. The van der Waals surface area contributed by atoms with Crippen LogP contribution in [0.1, 0.15) is 19.3 Å². The second-order valence-electron chi connectivity index (χ2n) is 4.29. The summed E-state index contributed by atoms with van der Waals surface area (Å²) in [7, 11) is 1.85. The van der Waals surface area contributed by atoms with Crippen LogP contribution >= 0.6 is 0 Å². The molecule has 2 heterocycles. The molecule has 14 heavy (non-hydrogen) atoms. The third-order valence-corrected chi connectivity index (χ3v) is 3.35. The maximum atomic E-state index is 11.4. The topological polar surface area (TPSA) is 41.6 Å². The summed E-state index contributed by atoms with van der Waals surface area (Å²) < 4.78 is 5.78. The van der Waals surface area contributed by atoms with Gasteiger partial charge in [-0.3, -0.25) is 4.79 Å². The van der Waals surface area contributed by atoms with E-state index in [0.29, 0.717) is 0 Å². The molecule has 1 spiro atoms. The van der Waals surface area contributed by atoms with Crippen LogP contribution in [0.5, 0.6) is 0 Å². The molecular formula is C10H18N2O2. The molecule has 0 aromatic carbocycles. The van der Waals surface area contributed by atoms with Crippen molar-refractivity contribution in [1.29, 1.82) is 0 Å². The van der Waals surface area contributed by atoms with Crippen molar-refractivity contribution in [3.8, 4) is 0 Å². The van der Waals surface area contributed by atoms with E-state index in [9.17, 15) is 4.79 Å². The number of nitrogens with zero attached hydrogens (tertiary/aromatic N) is 1. The molecule has 0 unspecified atom stereocenters. The average Bonchev–Trinajstić information content (AvgIpc) is 2.35. The predicted octanol–water partition coefficient (Wildman–Crippen LogP) is -0.0127. The van der Waals surface area contributed by atoms with Crippen LogP contribution < -0.4 is 5.32 Å². The largest absolute Gasteiger partial charge is 0.365 e. The molecule has 1 amide bonds. The van der Waals surface area contributed by atoms with E-state index in [2.05, 4.69) is 5.32 Å².